The average Bonchev–Trinajstić information content (AvgIpc) is 3.05. The third-order valence-electron chi connectivity index (χ3n) is 4.09. The number of aryl methyl sites for hydroxylation is 1. The molecule has 2 aromatic rings. The zero-order chi connectivity index (χ0) is 17.3. The van der Waals surface area contributed by atoms with E-state index in [1.807, 2.05) is 32.0 Å². The van der Waals surface area contributed by atoms with Gasteiger partial charge in [-0.15, -0.1) is 0 Å². The maximum absolute atomic E-state index is 13.0. The molecule has 1 atom stereocenters. The van der Waals surface area contributed by atoms with Crippen LogP contribution in [0.5, 0.6) is 0 Å². The molecular formula is C16H21N5O2S. The number of hydrogen-bond donors (Lipinski definition) is 0. The standard InChI is InChI=1S/C16H21N5O2S/c1-12-18-14(10-16(19-12)20(2)3)15-7-5-9-21(15)24(22,23)13-6-4-8-17-11-13/h4,6,8,10-11,15H,5,7,9H2,1-3H3/t15-/m1/s1. The highest BCUT2D eigenvalue weighted by atomic mass is 32.2. The monoisotopic (exact) mass is 347 g/mol. The molecule has 128 valence electrons. The lowest BCUT2D eigenvalue weighted by molar-refractivity contribution is 0.389. The number of anilines is 1. The summed E-state index contributed by atoms with van der Waals surface area (Å²) in [6.07, 6.45) is 4.52. The number of nitrogens with zero attached hydrogens (tertiary/aromatic N) is 5. The van der Waals surface area contributed by atoms with Crippen LogP contribution in [-0.2, 0) is 10.0 Å². The van der Waals surface area contributed by atoms with Crippen LogP contribution in [0.1, 0.15) is 30.4 Å². The van der Waals surface area contributed by atoms with Crippen molar-refractivity contribution in [1.82, 2.24) is 19.3 Å². The second-order valence-corrected chi connectivity index (χ2v) is 7.95. The van der Waals surface area contributed by atoms with Crippen molar-refractivity contribution in [1.29, 1.82) is 0 Å². The van der Waals surface area contributed by atoms with Gasteiger partial charge in [-0.25, -0.2) is 18.4 Å². The summed E-state index contributed by atoms with van der Waals surface area (Å²) in [6, 6.07) is 4.82. The zero-order valence-corrected chi connectivity index (χ0v) is 14.9. The topological polar surface area (TPSA) is 79.3 Å². The van der Waals surface area contributed by atoms with E-state index in [1.165, 1.54) is 10.5 Å². The highest BCUT2D eigenvalue weighted by Crippen LogP contribution is 2.36. The van der Waals surface area contributed by atoms with E-state index < -0.39 is 10.0 Å². The second kappa shape index (κ2) is 6.45. The Kier molecular flexibility index (Phi) is 4.51. The van der Waals surface area contributed by atoms with Gasteiger partial charge in [0.2, 0.25) is 10.0 Å². The molecule has 0 saturated carbocycles. The molecule has 0 spiro atoms. The Labute approximate surface area is 142 Å². The van der Waals surface area contributed by atoms with Crippen molar-refractivity contribution < 1.29 is 8.42 Å². The molecule has 24 heavy (non-hydrogen) atoms. The minimum absolute atomic E-state index is 0.218. The fraction of sp³-hybridized carbons (Fsp3) is 0.438. The molecule has 0 radical (unpaired) electrons. The number of rotatable bonds is 4. The second-order valence-electron chi connectivity index (χ2n) is 6.06. The summed E-state index contributed by atoms with van der Waals surface area (Å²) in [7, 11) is 0.229. The third-order valence-corrected chi connectivity index (χ3v) is 5.98. The van der Waals surface area contributed by atoms with Gasteiger partial charge in [0, 0.05) is 39.1 Å². The first-order valence-electron chi connectivity index (χ1n) is 7.84. The molecule has 8 heteroatoms. The molecule has 0 amide bonds. The van der Waals surface area contributed by atoms with Crippen LogP contribution in [0.3, 0.4) is 0 Å². The summed E-state index contributed by atoms with van der Waals surface area (Å²) in [5, 5.41) is 0. The van der Waals surface area contributed by atoms with Gasteiger partial charge in [0.25, 0.3) is 0 Å². The van der Waals surface area contributed by atoms with Crippen LogP contribution in [0.2, 0.25) is 0 Å². The Morgan fingerprint density at radius 3 is 2.75 bits per heavy atom. The normalized spacial score (nSPS) is 18.7. The summed E-state index contributed by atoms with van der Waals surface area (Å²) in [5.74, 6) is 1.42. The van der Waals surface area contributed by atoms with Gasteiger partial charge in [0.05, 0.1) is 11.7 Å². The van der Waals surface area contributed by atoms with Crippen molar-refractivity contribution in [2.75, 3.05) is 25.5 Å². The smallest absolute Gasteiger partial charge is 0.245 e. The fourth-order valence-corrected chi connectivity index (χ4v) is 4.57. The summed E-state index contributed by atoms with van der Waals surface area (Å²) in [5.41, 5.74) is 0.746. The fourth-order valence-electron chi connectivity index (χ4n) is 2.93. The summed E-state index contributed by atoms with van der Waals surface area (Å²) in [6.45, 7) is 2.31. The van der Waals surface area contributed by atoms with Crippen LogP contribution in [0.15, 0.2) is 35.5 Å². The number of aromatic nitrogens is 3. The SMILES string of the molecule is Cc1nc([C@H]2CCCN2S(=O)(=O)c2cccnc2)cc(N(C)C)n1. The van der Waals surface area contributed by atoms with E-state index in [0.29, 0.717) is 12.4 Å². The molecule has 0 aromatic carbocycles. The maximum atomic E-state index is 13.0. The lowest BCUT2D eigenvalue weighted by atomic mass is 10.1. The Morgan fingerprint density at radius 1 is 1.29 bits per heavy atom. The van der Waals surface area contributed by atoms with Crippen LogP contribution >= 0.6 is 0 Å². The Balaban J connectivity index is 2.00. The largest absolute Gasteiger partial charge is 0.363 e. The zero-order valence-electron chi connectivity index (χ0n) is 14.0. The van der Waals surface area contributed by atoms with Gasteiger partial charge in [-0.05, 0) is 31.9 Å². The summed E-state index contributed by atoms with van der Waals surface area (Å²) < 4.78 is 27.4. The summed E-state index contributed by atoms with van der Waals surface area (Å²) >= 11 is 0. The first-order valence-corrected chi connectivity index (χ1v) is 9.28. The van der Waals surface area contributed by atoms with Crippen LogP contribution in [-0.4, -0.2) is 48.3 Å². The number of pyridine rings is 1. The van der Waals surface area contributed by atoms with Gasteiger partial charge in [0.1, 0.15) is 16.5 Å². The lowest BCUT2D eigenvalue weighted by Crippen LogP contribution is -2.31. The minimum Gasteiger partial charge on any atom is -0.363 e. The predicted octanol–water partition coefficient (Wildman–Crippen LogP) is 1.77. The first kappa shape index (κ1) is 16.8. The van der Waals surface area contributed by atoms with Crippen molar-refractivity contribution in [3.8, 4) is 0 Å². The van der Waals surface area contributed by atoms with E-state index in [-0.39, 0.29) is 10.9 Å². The van der Waals surface area contributed by atoms with E-state index in [4.69, 9.17) is 0 Å². The van der Waals surface area contributed by atoms with Crippen molar-refractivity contribution in [2.45, 2.75) is 30.7 Å². The Hall–Kier alpha value is -2.06. The lowest BCUT2D eigenvalue weighted by Gasteiger charge is -2.24. The van der Waals surface area contributed by atoms with Crippen LogP contribution < -0.4 is 4.90 Å². The van der Waals surface area contributed by atoms with E-state index in [2.05, 4.69) is 15.0 Å². The van der Waals surface area contributed by atoms with E-state index in [0.717, 1.165) is 24.4 Å². The quantitative estimate of drug-likeness (QED) is 0.839. The first-order chi connectivity index (χ1) is 11.4. The van der Waals surface area contributed by atoms with Crippen molar-refractivity contribution in [3.63, 3.8) is 0 Å². The molecule has 0 bridgehead atoms. The van der Waals surface area contributed by atoms with Crippen molar-refractivity contribution in [2.24, 2.45) is 0 Å². The molecule has 0 aliphatic carbocycles. The van der Waals surface area contributed by atoms with Gasteiger partial charge in [-0.3, -0.25) is 4.98 Å². The molecule has 2 aromatic heterocycles. The Morgan fingerprint density at radius 2 is 2.08 bits per heavy atom. The van der Waals surface area contributed by atoms with Gasteiger partial charge < -0.3 is 4.90 Å². The molecule has 3 heterocycles. The van der Waals surface area contributed by atoms with Gasteiger partial charge in [-0.1, -0.05) is 0 Å². The predicted molar refractivity (Wildman–Crippen MR) is 91.2 cm³/mol. The molecule has 1 saturated heterocycles. The van der Waals surface area contributed by atoms with Gasteiger partial charge >= 0.3 is 0 Å². The molecule has 1 aliphatic heterocycles. The highest BCUT2D eigenvalue weighted by molar-refractivity contribution is 7.89. The number of sulfonamides is 1. The Bertz CT molecular complexity index is 824. The van der Waals surface area contributed by atoms with E-state index in [9.17, 15) is 8.42 Å². The van der Waals surface area contributed by atoms with Crippen molar-refractivity contribution >= 4 is 15.8 Å². The highest BCUT2D eigenvalue weighted by Gasteiger charge is 2.37. The van der Waals surface area contributed by atoms with Crippen LogP contribution in [0.4, 0.5) is 5.82 Å². The molecule has 0 N–H and O–H groups in total. The van der Waals surface area contributed by atoms with E-state index in [1.54, 1.807) is 18.3 Å². The molecule has 1 aliphatic rings. The molecule has 0 unspecified atom stereocenters. The maximum Gasteiger partial charge on any atom is 0.245 e. The molecular weight excluding hydrogens is 326 g/mol. The number of hydrogen-bond acceptors (Lipinski definition) is 6. The molecule has 7 nitrogen and oxygen atoms in total. The summed E-state index contributed by atoms with van der Waals surface area (Å²) in [4.78, 5) is 14.9. The average molecular weight is 347 g/mol. The molecule has 1 fully saturated rings. The third kappa shape index (κ3) is 3.11. The minimum atomic E-state index is -3.59. The van der Waals surface area contributed by atoms with Gasteiger partial charge in [0.15, 0.2) is 0 Å². The van der Waals surface area contributed by atoms with E-state index >= 15 is 0 Å². The van der Waals surface area contributed by atoms with Crippen molar-refractivity contribution in [3.05, 3.63) is 42.1 Å². The van der Waals surface area contributed by atoms with Crippen LogP contribution in [0, 0.1) is 6.92 Å². The van der Waals surface area contributed by atoms with Crippen LogP contribution in [0.25, 0.3) is 0 Å². The molecule has 3 rings (SSSR count). The van der Waals surface area contributed by atoms with Gasteiger partial charge in [-0.2, -0.15) is 4.31 Å².